The maximum Gasteiger partial charge on any atom is 0.253 e. The van der Waals surface area contributed by atoms with Crippen LogP contribution in [0.4, 0.5) is 5.69 Å². The lowest BCUT2D eigenvalue weighted by atomic mass is 9.92. The van der Waals surface area contributed by atoms with Gasteiger partial charge in [-0.15, -0.1) is 0 Å². The number of hydrogen-bond acceptors (Lipinski definition) is 4. The first-order valence-corrected chi connectivity index (χ1v) is 9.32. The van der Waals surface area contributed by atoms with Crippen LogP contribution in [0.1, 0.15) is 25.0 Å². The molecule has 2 fully saturated rings. The lowest BCUT2D eigenvalue weighted by molar-refractivity contribution is -0.140. The zero-order chi connectivity index (χ0) is 18.0. The first-order valence-electron chi connectivity index (χ1n) is 9.32. The van der Waals surface area contributed by atoms with E-state index in [0.717, 1.165) is 44.6 Å². The molecule has 1 atom stereocenters. The summed E-state index contributed by atoms with van der Waals surface area (Å²) in [6.07, 6.45) is 6.80. The summed E-state index contributed by atoms with van der Waals surface area (Å²) in [7, 11) is 2.04. The third kappa shape index (κ3) is 3.52. The van der Waals surface area contributed by atoms with Crippen molar-refractivity contribution in [3.8, 4) is 0 Å². The van der Waals surface area contributed by atoms with Gasteiger partial charge in [-0.05, 0) is 37.9 Å². The summed E-state index contributed by atoms with van der Waals surface area (Å²) in [4.78, 5) is 21.0. The minimum atomic E-state index is -0.231. The Bertz CT molecular complexity index is 760. The minimum absolute atomic E-state index is 0.0535. The van der Waals surface area contributed by atoms with Gasteiger partial charge in [-0.3, -0.25) is 9.69 Å². The number of likely N-dealkylation sites (tertiary alicyclic amines) is 1. The average molecular weight is 354 g/mol. The monoisotopic (exact) mass is 354 g/mol. The normalized spacial score (nSPS) is 24.8. The van der Waals surface area contributed by atoms with Gasteiger partial charge in [0.1, 0.15) is 6.61 Å². The lowest BCUT2D eigenvalue weighted by Crippen LogP contribution is -2.55. The first-order chi connectivity index (χ1) is 12.7. The molecule has 0 bridgehead atoms. The summed E-state index contributed by atoms with van der Waals surface area (Å²) in [6, 6.07) is 9.94. The molecule has 1 unspecified atom stereocenters. The van der Waals surface area contributed by atoms with E-state index < -0.39 is 0 Å². The van der Waals surface area contributed by atoms with Crippen LogP contribution in [-0.2, 0) is 23.1 Å². The van der Waals surface area contributed by atoms with Crippen LogP contribution >= 0.6 is 0 Å². The quantitative estimate of drug-likeness (QED) is 0.848. The molecule has 0 N–H and O–H groups in total. The maximum atomic E-state index is 12.4. The molecule has 4 rings (SSSR count). The van der Waals surface area contributed by atoms with E-state index >= 15 is 0 Å². The molecular weight excluding hydrogens is 328 g/mol. The first kappa shape index (κ1) is 17.2. The lowest BCUT2D eigenvalue weighted by Gasteiger charge is -2.42. The molecule has 2 aliphatic heterocycles. The molecule has 2 aliphatic rings. The molecule has 0 saturated carbocycles. The number of rotatable bonds is 3. The van der Waals surface area contributed by atoms with E-state index in [0.29, 0.717) is 6.54 Å². The zero-order valence-corrected chi connectivity index (χ0v) is 15.3. The fourth-order valence-corrected chi connectivity index (χ4v) is 4.01. The van der Waals surface area contributed by atoms with Crippen molar-refractivity contribution in [3.05, 3.63) is 48.5 Å². The third-order valence-corrected chi connectivity index (χ3v) is 5.61. The maximum absolute atomic E-state index is 12.4. The van der Waals surface area contributed by atoms with E-state index in [2.05, 4.69) is 14.5 Å². The largest absolute Gasteiger partial charge is 0.363 e. The Kier molecular flexibility index (Phi) is 4.78. The SMILES string of the molecule is Cn1cncc1CN1CCCC2(CC1)CN(c1ccccc1)C(=O)CO2. The number of aromatic nitrogens is 2. The van der Waals surface area contributed by atoms with Gasteiger partial charge in [0.05, 0.1) is 24.2 Å². The van der Waals surface area contributed by atoms with Crippen molar-refractivity contribution >= 4 is 11.6 Å². The summed E-state index contributed by atoms with van der Waals surface area (Å²) in [5.74, 6) is 0.0535. The Morgan fingerprint density at radius 1 is 1.19 bits per heavy atom. The summed E-state index contributed by atoms with van der Waals surface area (Å²) in [5, 5.41) is 0. The molecule has 0 radical (unpaired) electrons. The van der Waals surface area contributed by atoms with Gasteiger partial charge in [-0.25, -0.2) is 4.98 Å². The van der Waals surface area contributed by atoms with E-state index in [4.69, 9.17) is 4.74 Å². The average Bonchev–Trinajstić information content (AvgIpc) is 2.96. The number of anilines is 1. The Morgan fingerprint density at radius 2 is 2.04 bits per heavy atom. The number of para-hydroxylation sites is 1. The van der Waals surface area contributed by atoms with Gasteiger partial charge in [-0.1, -0.05) is 18.2 Å². The van der Waals surface area contributed by atoms with E-state index in [1.807, 2.05) is 54.8 Å². The molecule has 138 valence electrons. The predicted octanol–water partition coefficient (Wildman–Crippen LogP) is 2.21. The van der Waals surface area contributed by atoms with Crippen LogP contribution in [0.15, 0.2) is 42.9 Å². The van der Waals surface area contributed by atoms with E-state index in [1.165, 1.54) is 5.69 Å². The molecule has 26 heavy (non-hydrogen) atoms. The minimum Gasteiger partial charge on any atom is -0.363 e. The number of ether oxygens (including phenoxy) is 1. The Labute approximate surface area is 154 Å². The summed E-state index contributed by atoms with van der Waals surface area (Å²) in [5.41, 5.74) is 1.97. The fraction of sp³-hybridized carbons (Fsp3) is 0.500. The van der Waals surface area contributed by atoms with Crippen molar-refractivity contribution in [1.29, 1.82) is 0 Å². The highest BCUT2D eigenvalue weighted by atomic mass is 16.5. The van der Waals surface area contributed by atoms with Gasteiger partial charge in [0.2, 0.25) is 0 Å². The van der Waals surface area contributed by atoms with Gasteiger partial charge in [-0.2, -0.15) is 0 Å². The van der Waals surface area contributed by atoms with Crippen LogP contribution in [-0.4, -0.2) is 52.2 Å². The van der Waals surface area contributed by atoms with Crippen LogP contribution in [0.2, 0.25) is 0 Å². The number of hydrogen-bond donors (Lipinski definition) is 0. The molecule has 6 heteroatoms. The van der Waals surface area contributed by atoms with Crippen molar-refractivity contribution < 1.29 is 9.53 Å². The molecule has 3 heterocycles. The molecule has 0 aliphatic carbocycles. The molecule has 6 nitrogen and oxygen atoms in total. The smallest absolute Gasteiger partial charge is 0.253 e. The van der Waals surface area contributed by atoms with Crippen LogP contribution in [0.3, 0.4) is 0 Å². The second-order valence-electron chi connectivity index (χ2n) is 7.41. The zero-order valence-electron chi connectivity index (χ0n) is 15.3. The van der Waals surface area contributed by atoms with Crippen LogP contribution < -0.4 is 4.90 Å². The molecule has 1 amide bonds. The van der Waals surface area contributed by atoms with Gasteiger partial charge in [0.15, 0.2) is 0 Å². The second-order valence-corrected chi connectivity index (χ2v) is 7.41. The van der Waals surface area contributed by atoms with Gasteiger partial charge in [0.25, 0.3) is 5.91 Å². The van der Waals surface area contributed by atoms with Crippen molar-refractivity contribution in [2.75, 3.05) is 31.1 Å². The highest BCUT2D eigenvalue weighted by Crippen LogP contribution is 2.33. The van der Waals surface area contributed by atoms with Gasteiger partial charge in [0, 0.05) is 32.0 Å². The number of aryl methyl sites for hydroxylation is 1. The van der Waals surface area contributed by atoms with Crippen molar-refractivity contribution in [1.82, 2.24) is 14.5 Å². The summed E-state index contributed by atoms with van der Waals surface area (Å²) in [6.45, 7) is 3.76. The molecule has 1 spiro atoms. The standard InChI is InChI=1S/C20H26N4O2/c1-22-16-21-12-18(22)13-23-10-5-8-20(9-11-23)15-24(19(25)14-26-20)17-6-3-2-4-7-17/h2-4,6-7,12,16H,5,8-11,13-15H2,1H3. The Hall–Kier alpha value is -2.18. The number of benzene rings is 1. The van der Waals surface area contributed by atoms with E-state index in [-0.39, 0.29) is 18.1 Å². The molecule has 2 saturated heterocycles. The highest BCUT2D eigenvalue weighted by molar-refractivity contribution is 5.95. The second kappa shape index (κ2) is 7.21. The number of nitrogens with zero attached hydrogens (tertiary/aromatic N) is 4. The third-order valence-electron chi connectivity index (χ3n) is 5.61. The number of amides is 1. The summed E-state index contributed by atoms with van der Waals surface area (Å²) < 4.78 is 8.20. The van der Waals surface area contributed by atoms with Crippen LogP contribution in [0.5, 0.6) is 0 Å². The Balaban J connectivity index is 1.45. The highest BCUT2D eigenvalue weighted by Gasteiger charge is 2.41. The predicted molar refractivity (Wildman–Crippen MR) is 99.8 cm³/mol. The van der Waals surface area contributed by atoms with Crippen LogP contribution in [0.25, 0.3) is 0 Å². The number of carbonyl (C=O) groups is 1. The van der Waals surface area contributed by atoms with Crippen molar-refractivity contribution in [2.24, 2.45) is 7.05 Å². The number of morpholine rings is 1. The van der Waals surface area contributed by atoms with Gasteiger partial charge >= 0.3 is 0 Å². The topological polar surface area (TPSA) is 50.6 Å². The van der Waals surface area contributed by atoms with Crippen molar-refractivity contribution in [2.45, 2.75) is 31.4 Å². The van der Waals surface area contributed by atoms with E-state index in [1.54, 1.807) is 0 Å². The van der Waals surface area contributed by atoms with Gasteiger partial charge < -0.3 is 14.2 Å². The number of carbonyl (C=O) groups excluding carboxylic acids is 1. The molecule has 1 aromatic carbocycles. The molecule has 1 aromatic heterocycles. The molecule has 2 aromatic rings. The van der Waals surface area contributed by atoms with E-state index in [9.17, 15) is 4.79 Å². The Morgan fingerprint density at radius 3 is 2.81 bits per heavy atom. The fourth-order valence-electron chi connectivity index (χ4n) is 4.01. The summed E-state index contributed by atoms with van der Waals surface area (Å²) >= 11 is 0. The van der Waals surface area contributed by atoms with Crippen molar-refractivity contribution in [3.63, 3.8) is 0 Å². The molecular formula is C20H26N4O2. The van der Waals surface area contributed by atoms with Crippen LogP contribution in [0, 0.1) is 0 Å². The number of imidazole rings is 1.